The van der Waals surface area contributed by atoms with Gasteiger partial charge >= 0.3 is 0 Å². The van der Waals surface area contributed by atoms with E-state index in [0.717, 1.165) is 51.8 Å². The Morgan fingerprint density at radius 1 is 1.50 bits per heavy atom. The number of rotatable bonds is 6. The molecule has 1 aromatic heterocycles. The number of hydrogen-bond donors (Lipinski definition) is 1. The molecule has 1 aromatic rings. The zero-order valence-electron chi connectivity index (χ0n) is 11.2. The third kappa shape index (κ3) is 3.34. The van der Waals surface area contributed by atoms with E-state index >= 15 is 0 Å². The minimum absolute atomic E-state index is 0.813. The molecule has 2 heterocycles. The molecule has 1 saturated heterocycles. The zero-order valence-corrected chi connectivity index (χ0v) is 11.2. The van der Waals surface area contributed by atoms with E-state index < -0.39 is 0 Å². The molecule has 1 aliphatic rings. The van der Waals surface area contributed by atoms with Crippen LogP contribution in [0, 0.1) is 0 Å². The SMILES string of the molecule is C=CCn1ccnc1N(C)CCN1CCNCC1. The van der Waals surface area contributed by atoms with E-state index in [2.05, 4.69) is 38.3 Å². The molecule has 0 radical (unpaired) electrons. The number of nitrogens with zero attached hydrogens (tertiary/aromatic N) is 4. The van der Waals surface area contributed by atoms with Gasteiger partial charge in [-0.2, -0.15) is 0 Å². The Labute approximate surface area is 109 Å². The predicted octanol–water partition coefficient (Wildman–Crippen LogP) is 0.411. The smallest absolute Gasteiger partial charge is 0.205 e. The summed E-state index contributed by atoms with van der Waals surface area (Å²) < 4.78 is 2.12. The molecule has 18 heavy (non-hydrogen) atoms. The van der Waals surface area contributed by atoms with Crippen molar-refractivity contribution in [2.75, 3.05) is 51.2 Å². The third-order valence-corrected chi connectivity index (χ3v) is 3.32. The quantitative estimate of drug-likeness (QED) is 0.741. The summed E-state index contributed by atoms with van der Waals surface area (Å²) in [5.41, 5.74) is 0. The largest absolute Gasteiger partial charge is 0.344 e. The first-order valence-electron chi connectivity index (χ1n) is 6.57. The Balaban J connectivity index is 1.84. The Kier molecular flexibility index (Phi) is 4.78. The lowest BCUT2D eigenvalue weighted by Gasteiger charge is -2.29. The first kappa shape index (κ1) is 13.1. The lowest BCUT2D eigenvalue weighted by molar-refractivity contribution is 0.246. The Bertz CT molecular complexity index is 367. The number of likely N-dealkylation sites (N-methyl/N-ethyl adjacent to an activating group) is 1. The van der Waals surface area contributed by atoms with Crippen LogP contribution in [0.4, 0.5) is 5.95 Å². The van der Waals surface area contributed by atoms with Gasteiger partial charge in [0, 0.05) is 65.3 Å². The molecule has 0 aliphatic carbocycles. The van der Waals surface area contributed by atoms with Gasteiger partial charge in [0.15, 0.2) is 0 Å². The van der Waals surface area contributed by atoms with Crippen LogP contribution in [0.1, 0.15) is 0 Å². The van der Waals surface area contributed by atoms with Gasteiger partial charge in [-0.25, -0.2) is 4.98 Å². The van der Waals surface area contributed by atoms with E-state index in [1.807, 2.05) is 18.5 Å². The highest BCUT2D eigenvalue weighted by Crippen LogP contribution is 2.09. The molecule has 0 aromatic carbocycles. The highest BCUT2D eigenvalue weighted by Gasteiger charge is 2.12. The monoisotopic (exact) mass is 249 g/mol. The average Bonchev–Trinajstić information content (AvgIpc) is 2.86. The lowest BCUT2D eigenvalue weighted by Crippen LogP contribution is -2.46. The van der Waals surface area contributed by atoms with E-state index in [-0.39, 0.29) is 0 Å². The van der Waals surface area contributed by atoms with Crippen molar-refractivity contribution in [1.82, 2.24) is 19.8 Å². The maximum absolute atomic E-state index is 4.41. The number of allylic oxidation sites excluding steroid dienone is 1. The lowest BCUT2D eigenvalue weighted by atomic mass is 10.3. The van der Waals surface area contributed by atoms with Crippen molar-refractivity contribution in [2.24, 2.45) is 0 Å². The van der Waals surface area contributed by atoms with Crippen LogP contribution in [0.15, 0.2) is 25.0 Å². The molecule has 5 heteroatoms. The summed E-state index contributed by atoms with van der Waals surface area (Å²) in [5, 5.41) is 3.37. The van der Waals surface area contributed by atoms with Gasteiger partial charge in [0.2, 0.25) is 5.95 Å². The summed E-state index contributed by atoms with van der Waals surface area (Å²) in [6.45, 7) is 11.2. The van der Waals surface area contributed by atoms with Gasteiger partial charge in [0.05, 0.1) is 0 Å². The molecule has 5 nitrogen and oxygen atoms in total. The predicted molar refractivity (Wildman–Crippen MR) is 75.0 cm³/mol. The van der Waals surface area contributed by atoms with Crippen molar-refractivity contribution in [2.45, 2.75) is 6.54 Å². The van der Waals surface area contributed by atoms with Gasteiger partial charge in [-0.3, -0.25) is 4.90 Å². The molecule has 0 unspecified atom stereocenters. The van der Waals surface area contributed by atoms with Crippen molar-refractivity contribution in [3.63, 3.8) is 0 Å². The van der Waals surface area contributed by atoms with Crippen molar-refractivity contribution >= 4 is 5.95 Å². The zero-order chi connectivity index (χ0) is 12.8. The fraction of sp³-hybridized carbons (Fsp3) is 0.615. The van der Waals surface area contributed by atoms with Gasteiger partial charge < -0.3 is 14.8 Å². The number of imidazole rings is 1. The van der Waals surface area contributed by atoms with E-state index in [1.54, 1.807) is 0 Å². The second-order valence-electron chi connectivity index (χ2n) is 4.68. The fourth-order valence-electron chi connectivity index (χ4n) is 2.25. The molecule has 1 aliphatic heterocycles. The average molecular weight is 249 g/mol. The summed E-state index contributed by atoms with van der Waals surface area (Å²) in [7, 11) is 2.10. The second kappa shape index (κ2) is 6.56. The number of aromatic nitrogens is 2. The molecule has 0 bridgehead atoms. The normalized spacial score (nSPS) is 16.7. The van der Waals surface area contributed by atoms with Crippen LogP contribution in [-0.2, 0) is 6.54 Å². The Morgan fingerprint density at radius 2 is 2.28 bits per heavy atom. The molecule has 100 valence electrons. The second-order valence-corrected chi connectivity index (χ2v) is 4.68. The topological polar surface area (TPSA) is 36.3 Å². The molecule has 0 amide bonds. The molecular weight excluding hydrogens is 226 g/mol. The van der Waals surface area contributed by atoms with E-state index in [4.69, 9.17) is 0 Å². The highest BCUT2D eigenvalue weighted by atomic mass is 15.3. The van der Waals surface area contributed by atoms with Gasteiger partial charge in [0.25, 0.3) is 0 Å². The van der Waals surface area contributed by atoms with E-state index in [0.29, 0.717) is 0 Å². The van der Waals surface area contributed by atoms with Crippen LogP contribution in [0.3, 0.4) is 0 Å². The van der Waals surface area contributed by atoms with Crippen LogP contribution in [0.5, 0.6) is 0 Å². The number of piperazine rings is 1. The van der Waals surface area contributed by atoms with Crippen LogP contribution in [0.2, 0.25) is 0 Å². The van der Waals surface area contributed by atoms with E-state index in [1.165, 1.54) is 0 Å². The minimum atomic E-state index is 0.813. The maximum atomic E-state index is 4.41. The molecular formula is C13H23N5. The summed E-state index contributed by atoms with van der Waals surface area (Å²) in [4.78, 5) is 9.12. The van der Waals surface area contributed by atoms with Gasteiger partial charge in [-0.15, -0.1) is 6.58 Å². The van der Waals surface area contributed by atoms with Crippen LogP contribution >= 0.6 is 0 Å². The molecule has 1 N–H and O–H groups in total. The number of anilines is 1. The van der Waals surface area contributed by atoms with E-state index in [9.17, 15) is 0 Å². The molecule has 0 atom stereocenters. The standard InChI is InChI=1S/C13H23N5/c1-3-7-18-10-6-15-13(18)16(2)11-12-17-8-4-14-5-9-17/h3,6,10,14H,1,4-5,7-9,11-12H2,2H3. The van der Waals surface area contributed by atoms with Crippen molar-refractivity contribution in [3.8, 4) is 0 Å². The first-order chi connectivity index (χ1) is 8.81. The highest BCUT2D eigenvalue weighted by molar-refractivity contribution is 5.30. The molecule has 2 rings (SSSR count). The van der Waals surface area contributed by atoms with Gasteiger partial charge in [-0.05, 0) is 0 Å². The summed E-state index contributed by atoms with van der Waals surface area (Å²) in [6, 6.07) is 0. The molecule has 0 saturated carbocycles. The third-order valence-electron chi connectivity index (χ3n) is 3.32. The summed E-state index contributed by atoms with van der Waals surface area (Å²) in [6.07, 6.45) is 5.74. The molecule has 1 fully saturated rings. The van der Waals surface area contributed by atoms with Crippen molar-refractivity contribution < 1.29 is 0 Å². The maximum Gasteiger partial charge on any atom is 0.205 e. The van der Waals surface area contributed by atoms with Gasteiger partial charge in [-0.1, -0.05) is 6.08 Å². The van der Waals surface area contributed by atoms with Gasteiger partial charge in [0.1, 0.15) is 0 Å². The Hall–Kier alpha value is -1.33. The number of nitrogens with one attached hydrogen (secondary N) is 1. The van der Waals surface area contributed by atoms with Crippen LogP contribution < -0.4 is 10.2 Å². The number of hydrogen-bond acceptors (Lipinski definition) is 4. The first-order valence-corrected chi connectivity index (χ1v) is 6.57. The summed E-state index contributed by atoms with van der Waals surface area (Å²) in [5.74, 6) is 1.02. The van der Waals surface area contributed by atoms with Crippen molar-refractivity contribution in [1.29, 1.82) is 0 Å². The van der Waals surface area contributed by atoms with Crippen LogP contribution in [-0.4, -0.2) is 60.8 Å². The minimum Gasteiger partial charge on any atom is -0.344 e. The van der Waals surface area contributed by atoms with Crippen molar-refractivity contribution in [3.05, 3.63) is 25.0 Å². The fourth-order valence-corrected chi connectivity index (χ4v) is 2.25. The summed E-state index contributed by atoms with van der Waals surface area (Å²) >= 11 is 0. The molecule has 0 spiro atoms. The Morgan fingerprint density at radius 3 is 3.00 bits per heavy atom. The van der Waals surface area contributed by atoms with Crippen LogP contribution in [0.25, 0.3) is 0 Å².